The molecule has 0 saturated heterocycles. The molecular weight excluding hydrogens is 611 g/mol. The van der Waals surface area contributed by atoms with Crippen LogP contribution in [-0.4, -0.2) is 11.8 Å². The summed E-state index contributed by atoms with van der Waals surface area (Å²) in [6.45, 7) is 0. The molecule has 3 nitrogen and oxygen atoms in total. The Balaban J connectivity index is 1.22. The predicted octanol–water partition coefficient (Wildman–Crippen LogP) is 9.65. The minimum atomic E-state index is -0.527. The first-order valence-electron chi connectivity index (χ1n) is 16.8. The minimum Gasteiger partial charge on any atom is -0.288 e. The van der Waals surface area contributed by atoms with Crippen molar-refractivity contribution in [1.82, 2.24) is 5.32 Å². The van der Waals surface area contributed by atoms with Crippen LogP contribution in [0.3, 0.4) is 0 Å². The minimum absolute atomic E-state index is 0.374. The summed E-state index contributed by atoms with van der Waals surface area (Å²) >= 11 is 0. The maximum Gasteiger partial charge on any atom is 0.259 e. The Kier molecular flexibility index (Phi) is 6.01. The quantitative estimate of drug-likeness (QED) is 0.152. The van der Waals surface area contributed by atoms with E-state index in [1.165, 1.54) is 50.1 Å². The number of hydrogen-bond donors (Lipinski definition) is 1. The fourth-order valence-electron chi connectivity index (χ4n) is 8.41. The van der Waals surface area contributed by atoms with Crippen molar-refractivity contribution in [2.24, 2.45) is 0 Å². The van der Waals surface area contributed by atoms with E-state index in [1.807, 2.05) is 24.3 Å². The summed E-state index contributed by atoms with van der Waals surface area (Å²) in [5, 5.41) is 2.60. The smallest absolute Gasteiger partial charge is 0.259 e. The number of carbonyl (C=O) groups excluding carboxylic acids is 2. The van der Waals surface area contributed by atoms with E-state index in [2.05, 4.69) is 132 Å². The molecule has 7 aromatic rings. The van der Waals surface area contributed by atoms with E-state index in [1.54, 1.807) is 18.2 Å². The second-order valence-corrected chi connectivity index (χ2v) is 13.0. The van der Waals surface area contributed by atoms with E-state index in [4.69, 9.17) is 0 Å². The molecule has 3 heteroatoms. The van der Waals surface area contributed by atoms with Crippen LogP contribution in [-0.2, 0) is 5.41 Å². The fourth-order valence-corrected chi connectivity index (χ4v) is 8.41. The van der Waals surface area contributed by atoms with Crippen molar-refractivity contribution < 1.29 is 9.59 Å². The Labute approximate surface area is 289 Å². The molecule has 232 valence electrons. The Morgan fingerprint density at radius 1 is 0.380 bits per heavy atom. The predicted molar refractivity (Wildman–Crippen MR) is 198 cm³/mol. The monoisotopic (exact) mass is 637 g/mol. The molecule has 1 spiro atoms. The van der Waals surface area contributed by atoms with Crippen LogP contribution >= 0.6 is 0 Å². The topological polar surface area (TPSA) is 46.2 Å². The van der Waals surface area contributed by atoms with Gasteiger partial charge in [0, 0.05) is 11.1 Å². The van der Waals surface area contributed by atoms with E-state index in [0.717, 1.165) is 16.7 Å². The number of hydrogen-bond acceptors (Lipinski definition) is 2. The summed E-state index contributed by atoms with van der Waals surface area (Å²) in [4.78, 5) is 26.8. The van der Waals surface area contributed by atoms with Gasteiger partial charge in [0.1, 0.15) is 0 Å². The van der Waals surface area contributed by atoms with E-state index in [9.17, 15) is 9.59 Å². The summed E-state index contributed by atoms with van der Waals surface area (Å²) < 4.78 is 0. The number of amides is 2. The van der Waals surface area contributed by atoms with Gasteiger partial charge in [-0.3, -0.25) is 14.9 Å². The van der Waals surface area contributed by atoms with Crippen LogP contribution in [0.1, 0.15) is 54.1 Å². The van der Waals surface area contributed by atoms with Crippen molar-refractivity contribution in [1.29, 1.82) is 0 Å². The third-order valence-corrected chi connectivity index (χ3v) is 10.5. The molecule has 0 aromatic heterocycles. The standard InChI is InChI=1S/C47H27NO2/c49-45-35-14-5-4-13-30(35)21-22-31-23-24-33(27-39(31)46(50)48-45)34-17-10-20-42-44(34)38-16-7-9-19-41(38)47(42)40-18-8-6-15-36(40)37-26-25-32(28-43(37)47)29-11-2-1-3-12-29/h1-20,23-28H,(H,48,49,50). The molecule has 0 bridgehead atoms. The lowest BCUT2D eigenvalue weighted by Gasteiger charge is -2.31. The summed E-state index contributed by atoms with van der Waals surface area (Å²) in [6, 6.07) is 54.5. The molecule has 1 N–H and O–H groups in total. The van der Waals surface area contributed by atoms with Crippen molar-refractivity contribution in [2.45, 2.75) is 5.41 Å². The van der Waals surface area contributed by atoms with Crippen molar-refractivity contribution in [3.8, 4) is 56.3 Å². The molecule has 0 radical (unpaired) electrons. The fraction of sp³-hybridized carbons (Fsp3) is 0.0213. The number of imide groups is 1. The van der Waals surface area contributed by atoms with Crippen LogP contribution in [0, 0.1) is 11.8 Å². The third-order valence-electron chi connectivity index (χ3n) is 10.5. The Bertz CT molecular complexity index is 2680. The Hall–Kier alpha value is -6.76. The molecule has 10 rings (SSSR count). The molecule has 3 aliphatic rings. The van der Waals surface area contributed by atoms with Crippen LogP contribution in [0.4, 0.5) is 0 Å². The first kappa shape index (κ1) is 28.3. The van der Waals surface area contributed by atoms with Gasteiger partial charge < -0.3 is 0 Å². The van der Waals surface area contributed by atoms with Gasteiger partial charge in [0.15, 0.2) is 0 Å². The van der Waals surface area contributed by atoms with Gasteiger partial charge in [0.2, 0.25) is 0 Å². The van der Waals surface area contributed by atoms with Gasteiger partial charge in [0.05, 0.1) is 16.5 Å². The molecule has 1 heterocycles. The second-order valence-electron chi connectivity index (χ2n) is 13.0. The molecular formula is C47H27NO2. The molecule has 7 aromatic carbocycles. The zero-order valence-corrected chi connectivity index (χ0v) is 26.8. The summed E-state index contributed by atoms with van der Waals surface area (Å²) in [5.41, 5.74) is 15.5. The van der Waals surface area contributed by atoms with Gasteiger partial charge in [-0.05, 0) is 97.1 Å². The van der Waals surface area contributed by atoms with E-state index in [-0.39, 0.29) is 0 Å². The van der Waals surface area contributed by atoms with Crippen molar-refractivity contribution in [3.63, 3.8) is 0 Å². The third kappa shape index (κ3) is 3.88. The van der Waals surface area contributed by atoms with Crippen LogP contribution in [0.25, 0.3) is 44.5 Å². The van der Waals surface area contributed by atoms with E-state index < -0.39 is 17.2 Å². The molecule has 2 amide bonds. The van der Waals surface area contributed by atoms with Gasteiger partial charge in [-0.1, -0.05) is 139 Å². The van der Waals surface area contributed by atoms with Gasteiger partial charge in [-0.2, -0.15) is 0 Å². The maximum absolute atomic E-state index is 13.7. The molecule has 0 saturated carbocycles. The van der Waals surface area contributed by atoms with E-state index >= 15 is 0 Å². The average Bonchev–Trinajstić information content (AvgIpc) is 3.65. The molecule has 1 aliphatic heterocycles. The van der Waals surface area contributed by atoms with Crippen molar-refractivity contribution in [2.75, 3.05) is 0 Å². The lowest BCUT2D eigenvalue weighted by atomic mass is 9.70. The zero-order valence-electron chi connectivity index (χ0n) is 26.8. The molecule has 50 heavy (non-hydrogen) atoms. The highest BCUT2D eigenvalue weighted by atomic mass is 16.2. The molecule has 2 aliphatic carbocycles. The van der Waals surface area contributed by atoms with Gasteiger partial charge in [0.25, 0.3) is 11.8 Å². The van der Waals surface area contributed by atoms with E-state index in [0.29, 0.717) is 22.3 Å². The largest absolute Gasteiger partial charge is 0.288 e. The van der Waals surface area contributed by atoms with Crippen molar-refractivity contribution in [3.05, 3.63) is 202 Å². The number of rotatable bonds is 2. The number of carbonyl (C=O) groups is 2. The Morgan fingerprint density at radius 3 is 1.78 bits per heavy atom. The van der Waals surface area contributed by atoms with Gasteiger partial charge >= 0.3 is 0 Å². The Morgan fingerprint density at radius 2 is 0.960 bits per heavy atom. The van der Waals surface area contributed by atoms with Crippen molar-refractivity contribution >= 4 is 11.8 Å². The van der Waals surface area contributed by atoms with Crippen LogP contribution in [0.5, 0.6) is 0 Å². The highest BCUT2D eigenvalue weighted by Crippen LogP contribution is 2.64. The first-order valence-corrected chi connectivity index (χ1v) is 16.8. The highest BCUT2D eigenvalue weighted by Gasteiger charge is 2.52. The van der Waals surface area contributed by atoms with Gasteiger partial charge in [-0.25, -0.2) is 0 Å². The van der Waals surface area contributed by atoms with Crippen LogP contribution < -0.4 is 5.32 Å². The lowest BCUT2D eigenvalue weighted by molar-refractivity contribution is 0.0849. The number of fused-ring (bicyclic) bond motifs is 12. The lowest BCUT2D eigenvalue weighted by Crippen LogP contribution is -2.31. The van der Waals surface area contributed by atoms with Crippen LogP contribution in [0.15, 0.2) is 158 Å². The average molecular weight is 638 g/mol. The second kappa shape index (κ2) is 10.6. The maximum atomic E-state index is 13.7. The van der Waals surface area contributed by atoms with Gasteiger partial charge in [-0.15, -0.1) is 0 Å². The number of nitrogens with one attached hydrogen (secondary N) is 1. The normalized spacial score (nSPS) is 15.9. The number of benzene rings is 7. The summed E-state index contributed by atoms with van der Waals surface area (Å²) in [7, 11) is 0. The molecule has 1 unspecified atom stereocenters. The SMILES string of the molecule is O=C1NC(=O)c2cc(-c3cccc4c3-c3ccccc3C43c4ccccc4-c4ccc(-c5ccccc5)cc43)ccc2C#Cc2ccccc21. The molecule has 0 fully saturated rings. The first-order chi connectivity index (χ1) is 24.6. The highest BCUT2D eigenvalue weighted by molar-refractivity contribution is 6.13. The zero-order chi connectivity index (χ0) is 33.4. The summed E-state index contributed by atoms with van der Waals surface area (Å²) in [5.74, 6) is 5.39. The summed E-state index contributed by atoms with van der Waals surface area (Å²) in [6.07, 6.45) is 0. The van der Waals surface area contributed by atoms with Crippen LogP contribution in [0.2, 0.25) is 0 Å². The molecule has 1 atom stereocenters.